The molecule has 2 nitrogen and oxygen atoms in total. The molecule has 1 aromatic carbocycles. The molecule has 0 amide bonds. The molecule has 1 N–H and O–H groups in total. The first-order chi connectivity index (χ1) is 7.79. The van der Waals surface area contributed by atoms with Gasteiger partial charge < -0.3 is 10.1 Å². The van der Waals surface area contributed by atoms with E-state index in [0.29, 0.717) is 6.10 Å². The van der Waals surface area contributed by atoms with Crippen LogP contribution in [0.25, 0.3) is 0 Å². The summed E-state index contributed by atoms with van der Waals surface area (Å²) in [5, 5.41) is 3.32. The third-order valence-electron chi connectivity index (χ3n) is 2.85. The van der Waals surface area contributed by atoms with Gasteiger partial charge in [-0.15, -0.1) is 0 Å². The Bertz CT molecular complexity index is 348. The Balaban J connectivity index is 2.11. The summed E-state index contributed by atoms with van der Waals surface area (Å²) < 4.78 is 7.16. The van der Waals surface area contributed by atoms with Gasteiger partial charge >= 0.3 is 0 Å². The number of benzene rings is 1. The van der Waals surface area contributed by atoms with Gasteiger partial charge in [0.1, 0.15) is 11.9 Å². The van der Waals surface area contributed by atoms with Crippen molar-refractivity contribution in [2.45, 2.75) is 32.3 Å². The Labute approximate surface area is 106 Å². The van der Waals surface area contributed by atoms with Crippen LogP contribution >= 0.6 is 15.9 Å². The van der Waals surface area contributed by atoms with Crippen molar-refractivity contribution in [2.75, 3.05) is 13.1 Å². The molecule has 0 spiro atoms. The lowest BCUT2D eigenvalue weighted by molar-refractivity contribution is 0.221. The number of hydrogen-bond donors (Lipinski definition) is 1. The minimum atomic E-state index is 0.344. The lowest BCUT2D eigenvalue weighted by atomic mass is 10.1. The van der Waals surface area contributed by atoms with Crippen LogP contribution in [0.4, 0.5) is 0 Å². The Morgan fingerprint density at radius 3 is 3.06 bits per heavy atom. The SMILES string of the molecule is CCCc1cc(Br)ccc1O[C@H]1CCNC1. The number of nitrogens with one attached hydrogen (secondary N) is 1. The van der Waals surface area contributed by atoms with E-state index in [0.717, 1.165) is 42.6 Å². The second-order valence-electron chi connectivity index (χ2n) is 4.23. The van der Waals surface area contributed by atoms with E-state index in [-0.39, 0.29) is 0 Å². The molecule has 1 saturated heterocycles. The summed E-state index contributed by atoms with van der Waals surface area (Å²) in [5.74, 6) is 1.05. The summed E-state index contributed by atoms with van der Waals surface area (Å²) in [5.41, 5.74) is 1.31. The van der Waals surface area contributed by atoms with Gasteiger partial charge in [0.15, 0.2) is 0 Å². The highest BCUT2D eigenvalue weighted by atomic mass is 79.9. The molecule has 1 aromatic rings. The van der Waals surface area contributed by atoms with Crippen LogP contribution in [-0.2, 0) is 6.42 Å². The van der Waals surface area contributed by atoms with Crippen LogP contribution in [0.1, 0.15) is 25.3 Å². The monoisotopic (exact) mass is 283 g/mol. The normalized spacial score (nSPS) is 20.0. The Morgan fingerprint density at radius 1 is 1.50 bits per heavy atom. The molecule has 1 heterocycles. The van der Waals surface area contributed by atoms with E-state index >= 15 is 0 Å². The Kier molecular flexibility index (Phi) is 4.24. The molecule has 0 aliphatic carbocycles. The van der Waals surface area contributed by atoms with Gasteiger partial charge in [-0.1, -0.05) is 29.3 Å². The average molecular weight is 284 g/mol. The van der Waals surface area contributed by atoms with Gasteiger partial charge in [0.2, 0.25) is 0 Å². The van der Waals surface area contributed by atoms with E-state index in [4.69, 9.17) is 4.74 Å². The number of halogens is 1. The van der Waals surface area contributed by atoms with Crippen molar-refractivity contribution in [3.63, 3.8) is 0 Å². The molecular formula is C13H18BrNO. The summed E-state index contributed by atoms with van der Waals surface area (Å²) in [6.07, 6.45) is 3.68. The number of ether oxygens (including phenoxy) is 1. The summed E-state index contributed by atoms with van der Waals surface area (Å²) in [4.78, 5) is 0. The molecule has 3 heteroatoms. The molecule has 1 fully saturated rings. The largest absolute Gasteiger partial charge is 0.489 e. The van der Waals surface area contributed by atoms with Crippen molar-refractivity contribution >= 4 is 15.9 Å². The summed E-state index contributed by atoms with van der Waals surface area (Å²) in [6.45, 7) is 4.24. The summed E-state index contributed by atoms with van der Waals surface area (Å²) >= 11 is 3.51. The molecule has 0 radical (unpaired) electrons. The summed E-state index contributed by atoms with van der Waals surface area (Å²) in [6, 6.07) is 6.30. The van der Waals surface area contributed by atoms with E-state index in [1.54, 1.807) is 0 Å². The van der Waals surface area contributed by atoms with Crippen LogP contribution in [0.3, 0.4) is 0 Å². The van der Waals surface area contributed by atoms with E-state index in [9.17, 15) is 0 Å². The van der Waals surface area contributed by atoms with Crippen molar-refractivity contribution in [1.82, 2.24) is 5.32 Å². The first-order valence-electron chi connectivity index (χ1n) is 5.95. The molecule has 16 heavy (non-hydrogen) atoms. The van der Waals surface area contributed by atoms with Gasteiger partial charge in [0.05, 0.1) is 0 Å². The van der Waals surface area contributed by atoms with E-state index in [1.165, 1.54) is 5.56 Å². The van der Waals surface area contributed by atoms with Crippen molar-refractivity contribution < 1.29 is 4.74 Å². The van der Waals surface area contributed by atoms with E-state index in [2.05, 4.69) is 46.4 Å². The fourth-order valence-corrected chi connectivity index (χ4v) is 2.44. The molecule has 0 saturated carbocycles. The van der Waals surface area contributed by atoms with Crippen LogP contribution in [0.5, 0.6) is 5.75 Å². The van der Waals surface area contributed by atoms with E-state index < -0.39 is 0 Å². The molecule has 88 valence electrons. The number of rotatable bonds is 4. The molecule has 2 rings (SSSR count). The van der Waals surface area contributed by atoms with Crippen LogP contribution in [0.15, 0.2) is 22.7 Å². The lowest BCUT2D eigenvalue weighted by Gasteiger charge is -2.16. The van der Waals surface area contributed by atoms with Crippen LogP contribution in [0, 0.1) is 0 Å². The average Bonchev–Trinajstić information content (AvgIpc) is 2.75. The molecule has 1 aliphatic rings. The topological polar surface area (TPSA) is 21.3 Å². The molecule has 1 aliphatic heterocycles. The number of hydrogen-bond acceptors (Lipinski definition) is 2. The second kappa shape index (κ2) is 5.69. The maximum atomic E-state index is 6.03. The lowest BCUT2D eigenvalue weighted by Crippen LogP contribution is -2.20. The third-order valence-corrected chi connectivity index (χ3v) is 3.34. The molecule has 0 bridgehead atoms. The van der Waals surface area contributed by atoms with Crippen LogP contribution in [0.2, 0.25) is 0 Å². The Morgan fingerprint density at radius 2 is 2.38 bits per heavy atom. The maximum absolute atomic E-state index is 6.03. The van der Waals surface area contributed by atoms with Crippen molar-refractivity contribution in [3.8, 4) is 5.75 Å². The summed E-state index contributed by atoms with van der Waals surface area (Å²) in [7, 11) is 0. The maximum Gasteiger partial charge on any atom is 0.123 e. The highest BCUT2D eigenvalue weighted by Crippen LogP contribution is 2.26. The zero-order valence-electron chi connectivity index (χ0n) is 9.63. The number of aryl methyl sites for hydroxylation is 1. The first-order valence-corrected chi connectivity index (χ1v) is 6.74. The predicted octanol–water partition coefficient (Wildman–Crippen LogP) is 3.14. The zero-order valence-corrected chi connectivity index (χ0v) is 11.2. The highest BCUT2D eigenvalue weighted by Gasteiger charge is 2.17. The van der Waals surface area contributed by atoms with Crippen molar-refractivity contribution in [1.29, 1.82) is 0 Å². The van der Waals surface area contributed by atoms with E-state index in [1.807, 2.05) is 0 Å². The standard InChI is InChI=1S/C13H18BrNO/c1-2-3-10-8-11(14)4-5-13(10)16-12-6-7-15-9-12/h4-5,8,12,15H,2-3,6-7,9H2,1H3/t12-/m0/s1. The molecule has 0 unspecified atom stereocenters. The van der Waals surface area contributed by atoms with Gasteiger partial charge in [-0.3, -0.25) is 0 Å². The third kappa shape index (κ3) is 2.98. The molecular weight excluding hydrogens is 266 g/mol. The van der Waals surface area contributed by atoms with Gasteiger partial charge in [-0.05, 0) is 43.1 Å². The first kappa shape index (κ1) is 11.9. The molecule has 1 atom stereocenters. The van der Waals surface area contributed by atoms with Crippen LogP contribution < -0.4 is 10.1 Å². The van der Waals surface area contributed by atoms with Crippen molar-refractivity contribution in [3.05, 3.63) is 28.2 Å². The van der Waals surface area contributed by atoms with Crippen molar-refractivity contribution in [2.24, 2.45) is 0 Å². The minimum absolute atomic E-state index is 0.344. The van der Waals surface area contributed by atoms with Crippen LogP contribution in [-0.4, -0.2) is 19.2 Å². The quantitative estimate of drug-likeness (QED) is 0.917. The second-order valence-corrected chi connectivity index (χ2v) is 5.15. The smallest absolute Gasteiger partial charge is 0.123 e. The van der Waals surface area contributed by atoms with Gasteiger partial charge in [0, 0.05) is 11.0 Å². The van der Waals surface area contributed by atoms with Gasteiger partial charge in [-0.25, -0.2) is 0 Å². The van der Waals surface area contributed by atoms with Gasteiger partial charge in [0.25, 0.3) is 0 Å². The van der Waals surface area contributed by atoms with Gasteiger partial charge in [-0.2, -0.15) is 0 Å². The minimum Gasteiger partial charge on any atom is -0.489 e. The fraction of sp³-hybridized carbons (Fsp3) is 0.538. The molecule has 0 aromatic heterocycles. The Hall–Kier alpha value is -0.540. The predicted molar refractivity (Wildman–Crippen MR) is 70.0 cm³/mol. The highest BCUT2D eigenvalue weighted by molar-refractivity contribution is 9.10. The fourth-order valence-electron chi connectivity index (χ4n) is 2.04. The zero-order chi connectivity index (χ0) is 11.4.